The normalized spacial score (nSPS) is 17.5. The second kappa shape index (κ2) is 16.8. The van der Waals surface area contributed by atoms with E-state index in [2.05, 4.69) is 10.6 Å². The lowest BCUT2D eigenvalue weighted by Gasteiger charge is -2.27. The van der Waals surface area contributed by atoms with Gasteiger partial charge in [-0.05, 0) is 37.8 Å². The minimum Gasteiger partial charge on any atom is -0.496 e. The van der Waals surface area contributed by atoms with E-state index in [-0.39, 0.29) is 43.1 Å². The first-order valence-electron chi connectivity index (χ1n) is 14.8. The monoisotopic (exact) mass is 622 g/mol. The van der Waals surface area contributed by atoms with E-state index in [0.29, 0.717) is 54.6 Å². The molecule has 1 aliphatic heterocycles. The minimum atomic E-state index is -0.691. The first-order valence-corrected chi connectivity index (χ1v) is 14.8. The van der Waals surface area contributed by atoms with Crippen molar-refractivity contribution in [3.05, 3.63) is 59.9 Å². The molecule has 45 heavy (non-hydrogen) atoms. The number of methoxy groups -OCH3 is 2. The van der Waals surface area contributed by atoms with E-state index in [4.69, 9.17) is 29.5 Å². The molecule has 3 N–H and O–H groups in total. The summed E-state index contributed by atoms with van der Waals surface area (Å²) in [5.74, 6) is 1.28. The number of aromatic nitrogens is 3. The van der Waals surface area contributed by atoms with Crippen molar-refractivity contribution in [2.75, 3.05) is 27.3 Å². The quantitative estimate of drug-likeness (QED) is 0.350. The predicted molar refractivity (Wildman–Crippen MR) is 167 cm³/mol. The van der Waals surface area contributed by atoms with E-state index in [1.165, 1.54) is 14.2 Å². The van der Waals surface area contributed by atoms with E-state index in [1.54, 1.807) is 27.8 Å². The molecule has 2 atom stereocenters. The summed E-state index contributed by atoms with van der Waals surface area (Å²) in [6.07, 6.45) is 1.06. The summed E-state index contributed by atoms with van der Waals surface area (Å²) in [5.41, 5.74) is 1.15. The van der Waals surface area contributed by atoms with Gasteiger partial charge in [-0.3, -0.25) is 19.2 Å². The molecule has 2 aromatic carbocycles. The number of benzene rings is 2. The predicted octanol–water partition coefficient (Wildman–Crippen LogP) is 3.31. The largest absolute Gasteiger partial charge is 0.496 e. The summed E-state index contributed by atoms with van der Waals surface area (Å²) in [5, 5.41) is 17.6. The van der Waals surface area contributed by atoms with Crippen LogP contribution in [0.4, 0.5) is 0 Å². The van der Waals surface area contributed by atoms with Gasteiger partial charge < -0.3 is 30.1 Å². The fourth-order valence-electron chi connectivity index (χ4n) is 5.08. The van der Waals surface area contributed by atoms with Gasteiger partial charge in [-0.1, -0.05) is 50.2 Å². The molecule has 2 heterocycles. The number of hydrogen-bond donors (Lipinski definition) is 3. The van der Waals surface area contributed by atoms with Crippen molar-refractivity contribution >= 4 is 24.2 Å². The fourth-order valence-corrected chi connectivity index (χ4v) is 5.08. The first kappa shape index (κ1) is 34.5. The zero-order valence-electron chi connectivity index (χ0n) is 26.4. The van der Waals surface area contributed by atoms with Crippen LogP contribution in [0.25, 0.3) is 11.4 Å². The molecule has 0 spiro atoms. The molecule has 0 aliphatic carbocycles. The Labute approximate surface area is 262 Å². The highest BCUT2D eigenvalue weighted by Crippen LogP contribution is 2.30. The Morgan fingerprint density at radius 3 is 2.27 bits per heavy atom. The molecule has 3 amide bonds. The zero-order valence-corrected chi connectivity index (χ0v) is 26.4. The van der Waals surface area contributed by atoms with Gasteiger partial charge in [0.15, 0.2) is 5.82 Å². The van der Waals surface area contributed by atoms with Gasteiger partial charge in [-0.25, -0.2) is 9.67 Å². The third-order valence-electron chi connectivity index (χ3n) is 7.18. The van der Waals surface area contributed by atoms with E-state index in [9.17, 15) is 14.4 Å². The zero-order chi connectivity index (χ0) is 32.9. The van der Waals surface area contributed by atoms with E-state index >= 15 is 0 Å². The van der Waals surface area contributed by atoms with Gasteiger partial charge in [-0.15, -0.1) is 0 Å². The molecule has 0 fully saturated rings. The second-order valence-corrected chi connectivity index (χ2v) is 10.9. The fraction of sp³-hybridized carbons (Fsp3) is 0.438. The Bertz CT molecular complexity index is 1420. The van der Waals surface area contributed by atoms with Crippen molar-refractivity contribution in [1.29, 1.82) is 0 Å². The standard InChI is InChI=1S/C31H40N6O5.CH2O2/c1-20(2)19-23-30(39)32-21(3)29-34-28(22-11-7-6-8-12-22)35-37(29)18-17-36(16-10-15-26(38)33-23)31(40)27-24(41-4)13-9-14-25(27)42-5;2-1-3/h6-9,11-14,20-21,23H,10,15-19H2,1-5H3,(H,32,39)(H,33,38);1H,(H,2,3)/t21-,23-;/m1./s1. The lowest BCUT2D eigenvalue weighted by molar-refractivity contribution is -0.129. The van der Waals surface area contributed by atoms with Crippen LogP contribution < -0.4 is 20.1 Å². The molecule has 0 radical (unpaired) electrons. The average molecular weight is 623 g/mol. The maximum Gasteiger partial charge on any atom is 0.290 e. The SMILES string of the molecule is COc1cccc(OC)c1C(=O)N1CCCC(=O)N[C@H](CC(C)C)C(=O)N[C@H](C)c2nc(-c3ccccc3)nn2CC1.O=CO. The second-order valence-electron chi connectivity index (χ2n) is 10.9. The lowest BCUT2D eigenvalue weighted by Crippen LogP contribution is -2.48. The van der Waals surface area contributed by atoms with Crippen molar-refractivity contribution in [3.63, 3.8) is 0 Å². The number of carboxylic acid groups (broad SMARTS) is 1. The number of nitrogens with one attached hydrogen (secondary N) is 2. The van der Waals surface area contributed by atoms with Gasteiger partial charge in [0.1, 0.15) is 28.9 Å². The van der Waals surface area contributed by atoms with Crippen LogP contribution in [0, 0.1) is 5.92 Å². The molecule has 0 bridgehead atoms. The third kappa shape index (κ3) is 9.27. The van der Waals surface area contributed by atoms with Crippen LogP contribution in [0.5, 0.6) is 11.5 Å². The maximum atomic E-state index is 14.0. The minimum absolute atomic E-state index is 0.164. The smallest absolute Gasteiger partial charge is 0.290 e. The van der Waals surface area contributed by atoms with Crippen LogP contribution in [-0.2, 0) is 20.9 Å². The molecular weight excluding hydrogens is 580 g/mol. The van der Waals surface area contributed by atoms with Crippen molar-refractivity contribution in [2.45, 2.75) is 58.7 Å². The Morgan fingerprint density at radius 1 is 1.02 bits per heavy atom. The Kier molecular flexibility index (Phi) is 12.9. The van der Waals surface area contributed by atoms with E-state index in [0.717, 1.165) is 5.56 Å². The number of rotatable bonds is 6. The highest BCUT2D eigenvalue weighted by molar-refractivity contribution is 5.99. The number of hydrogen-bond acceptors (Lipinski definition) is 8. The summed E-state index contributed by atoms with van der Waals surface area (Å²) < 4.78 is 12.7. The highest BCUT2D eigenvalue weighted by atomic mass is 16.5. The summed E-state index contributed by atoms with van der Waals surface area (Å²) in [6.45, 7) is 6.51. The molecule has 3 aromatic rings. The molecule has 0 saturated carbocycles. The summed E-state index contributed by atoms with van der Waals surface area (Å²) >= 11 is 0. The van der Waals surface area contributed by atoms with Crippen LogP contribution in [0.3, 0.4) is 0 Å². The van der Waals surface area contributed by atoms with Crippen LogP contribution >= 0.6 is 0 Å². The first-order chi connectivity index (χ1) is 21.6. The molecule has 13 heteroatoms. The number of amides is 3. The van der Waals surface area contributed by atoms with E-state index < -0.39 is 12.1 Å². The number of nitrogens with zero attached hydrogens (tertiary/aromatic N) is 4. The van der Waals surface area contributed by atoms with Gasteiger partial charge >= 0.3 is 0 Å². The van der Waals surface area contributed by atoms with Crippen LogP contribution in [0.15, 0.2) is 48.5 Å². The highest BCUT2D eigenvalue weighted by Gasteiger charge is 2.28. The van der Waals surface area contributed by atoms with Crippen molar-refractivity contribution in [1.82, 2.24) is 30.3 Å². The summed E-state index contributed by atoms with van der Waals surface area (Å²) in [6, 6.07) is 13.6. The van der Waals surface area contributed by atoms with E-state index in [1.807, 2.05) is 51.1 Å². The van der Waals surface area contributed by atoms with Gasteiger partial charge in [-0.2, -0.15) is 5.10 Å². The van der Waals surface area contributed by atoms with Crippen molar-refractivity contribution < 1.29 is 33.8 Å². The Morgan fingerprint density at radius 2 is 1.67 bits per heavy atom. The number of ether oxygens (including phenoxy) is 2. The van der Waals surface area contributed by atoms with Gasteiger partial charge in [0.25, 0.3) is 12.4 Å². The topological polar surface area (TPSA) is 165 Å². The molecule has 0 unspecified atom stereocenters. The van der Waals surface area contributed by atoms with Gasteiger partial charge in [0.05, 0.1) is 26.8 Å². The molecule has 13 nitrogen and oxygen atoms in total. The average Bonchev–Trinajstić information content (AvgIpc) is 3.46. The van der Waals surface area contributed by atoms with Gasteiger partial charge in [0, 0.05) is 25.1 Å². The third-order valence-corrected chi connectivity index (χ3v) is 7.18. The van der Waals surface area contributed by atoms with Crippen molar-refractivity contribution in [2.24, 2.45) is 5.92 Å². The Hall–Kier alpha value is -4.94. The molecule has 0 saturated heterocycles. The molecule has 1 aliphatic rings. The maximum absolute atomic E-state index is 14.0. The molecule has 4 rings (SSSR count). The number of fused-ring (bicyclic) bond motifs is 1. The van der Waals surface area contributed by atoms with Gasteiger partial charge in [0.2, 0.25) is 11.8 Å². The number of carbonyl (C=O) groups excluding carboxylic acids is 3. The Balaban J connectivity index is 0.00000177. The van der Waals surface area contributed by atoms with Crippen LogP contribution in [0.1, 0.15) is 62.3 Å². The summed E-state index contributed by atoms with van der Waals surface area (Å²) in [7, 11) is 3.02. The molecular formula is C32H42N6O7. The molecule has 242 valence electrons. The summed E-state index contributed by atoms with van der Waals surface area (Å²) in [4.78, 5) is 55.0. The van der Waals surface area contributed by atoms with Crippen molar-refractivity contribution in [3.8, 4) is 22.9 Å². The lowest BCUT2D eigenvalue weighted by atomic mass is 10.0. The van der Waals surface area contributed by atoms with Crippen LogP contribution in [0.2, 0.25) is 0 Å². The van der Waals surface area contributed by atoms with Crippen LogP contribution in [-0.4, -0.2) is 82.3 Å². The number of carbonyl (C=O) groups is 4. The molecule has 1 aromatic heterocycles.